The quantitative estimate of drug-likeness (QED) is 0.648. The molecule has 0 bridgehead atoms. The predicted octanol–water partition coefficient (Wildman–Crippen LogP) is 4.31. The van der Waals surface area contributed by atoms with Gasteiger partial charge in [0.05, 0.1) is 5.92 Å². The maximum atomic E-state index is 13.0. The summed E-state index contributed by atoms with van der Waals surface area (Å²) >= 11 is 0. The molecule has 1 fully saturated rings. The first-order valence-electron chi connectivity index (χ1n) is 6.71. The van der Waals surface area contributed by atoms with E-state index < -0.39 is 29.5 Å². The van der Waals surface area contributed by atoms with E-state index in [0.717, 1.165) is 12.1 Å². The molecule has 1 aliphatic carbocycles. The standard InChI is InChI=1S/C14H15F6N/c15-11-4-8(5-12(16)13(11)17)7-21-10-3-1-2-9(6-10)14(18,19)20/h4-5,9-10,21H,1-3,6-7H2. The van der Waals surface area contributed by atoms with Gasteiger partial charge in [0.15, 0.2) is 17.5 Å². The number of rotatable bonds is 3. The molecule has 0 aromatic heterocycles. The van der Waals surface area contributed by atoms with E-state index in [1.807, 2.05) is 0 Å². The van der Waals surface area contributed by atoms with E-state index in [-0.39, 0.29) is 31.0 Å². The number of halogens is 6. The number of hydrogen-bond acceptors (Lipinski definition) is 1. The lowest BCUT2D eigenvalue weighted by Gasteiger charge is -2.31. The second kappa shape index (κ2) is 6.25. The molecule has 1 aliphatic rings. The summed E-state index contributed by atoms with van der Waals surface area (Å²) in [6.45, 7) is 0.00334. The van der Waals surface area contributed by atoms with Crippen LogP contribution in [-0.4, -0.2) is 12.2 Å². The van der Waals surface area contributed by atoms with Gasteiger partial charge in [-0.1, -0.05) is 6.42 Å². The van der Waals surface area contributed by atoms with Gasteiger partial charge in [-0.2, -0.15) is 13.2 Å². The highest BCUT2D eigenvalue weighted by Gasteiger charge is 2.41. The molecule has 1 aromatic carbocycles. The van der Waals surface area contributed by atoms with Gasteiger partial charge in [0.2, 0.25) is 0 Å². The zero-order chi connectivity index (χ0) is 15.6. The SMILES string of the molecule is Fc1cc(CNC2CCCC(C(F)(F)F)C2)cc(F)c1F. The summed E-state index contributed by atoms with van der Waals surface area (Å²) in [5.41, 5.74) is 0.167. The summed E-state index contributed by atoms with van der Waals surface area (Å²) in [5, 5.41) is 2.86. The molecular weight excluding hydrogens is 296 g/mol. The highest BCUT2D eigenvalue weighted by molar-refractivity contribution is 5.19. The highest BCUT2D eigenvalue weighted by atomic mass is 19.4. The maximum absolute atomic E-state index is 13.0. The van der Waals surface area contributed by atoms with Crippen LogP contribution in [0.1, 0.15) is 31.2 Å². The van der Waals surface area contributed by atoms with Crippen molar-refractivity contribution in [3.8, 4) is 0 Å². The lowest BCUT2D eigenvalue weighted by atomic mass is 9.85. The van der Waals surface area contributed by atoms with Gasteiger partial charge in [-0.15, -0.1) is 0 Å². The molecule has 0 amide bonds. The summed E-state index contributed by atoms with van der Waals surface area (Å²) in [6.07, 6.45) is -3.11. The molecule has 2 rings (SSSR count). The first kappa shape index (κ1) is 16.1. The van der Waals surface area contributed by atoms with E-state index >= 15 is 0 Å². The third-order valence-corrected chi connectivity index (χ3v) is 3.78. The Balaban J connectivity index is 1.94. The normalized spacial score (nSPS) is 23.3. The Labute approximate surface area is 118 Å². The van der Waals surface area contributed by atoms with E-state index in [1.165, 1.54) is 0 Å². The summed E-state index contributed by atoms with van der Waals surface area (Å²) < 4.78 is 76.8. The second-order valence-corrected chi connectivity index (χ2v) is 5.36. The Hall–Kier alpha value is -1.24. The summed E-state index contributed by atoms with van der Waals surface area (Å²) in [4.78, 5) is 0. The second-order valence-electron chi connectivity index (χ2n) is 5.36. The Kier molecular flexibility index (Phi) is 4.81. The van der Waals surface area contributed by atoms with Crippen LogP contribution in [0.15, 0.2) is 12.1 Å². The number of benzene rings is 1. The van der Waals surface area contributed by atoms with Crippen molar-refractivity contribution in [1.82, 2.24) is 5.32 Å². The minimum Gasteiger partial charge on any atom is -0.310 e. The topological polar surface area (TPSA) is 12.0 Å². The van der Waals surface area contributed by atoms with Crippen LogP contribution in [0.2, 0.25) is 0 Å². The third-order valence-electron chi connectivity index (χ3n) is 3.78. The maximum Gasteiger partial charge on any atom is 0.391 e. The Morgan fingerprint density at radius 3 is 2.24 bits per heavy atom. The van der Waals surface area contributed by atoms with Crippen LogP contribution in [0, 0.1) is 23.4 Å². The lowest BCUT2D eigenvalue weighted by molar-refractivity contribution is -0.183. The van der Waals surface area contributed by atoms with Gasteiger partial charge in [0.25, 0.3) is 0 Å². The molecule has 2 unspecified atom stereocenters. The average Bonchev–Trinajstić information content (AvgIpc) is 2.42. The van der Waals surface area contributed by atoms with Gasteiger partial charge in [-0.3, -0.25) is 0 Å². The molecule has 21 heavy (non-hydrogen) atoms. The Bertz CT molecular complexity index is 476. The van der Waals surface area contributed by atoms with Crippen molar-refractivity contribution in [3.05, 3.63) is 35.1 Å². The van der Waals surface area contributed by atoms with Crippen LogP contribution in [0.4, 0.5) is 26.3 Å². The monoisotopic (exact) mass is 311 g/mol. The molecule has 1 nitrogen and oxygen atoms in total. The van der Waals surface area contributed by atoms with Crippen molar-refractivity contribution in [1.29, 1.82) is 0 Å². The van der Waals surface area contributed by atoms with Crippen molar-refractivity contribution >= 4 is 0 Å². The molecule has 0 spiro atoms. The first-order chi connectivity index (χ1) is 9.77. The van der Waals surface area contributed by atoms with Crippen molar-refractivity contribution in [3.63, 3.8) is 0 Å². The van der Waals surface area contributed by atoms with E-state index in [2.05, 4.69) is 5.32 Å². The molecule has 2 atom stereocenters. The van der Waals surface area contributed by atoms with E-state index in [4.69, 9.17) is 0 Å². The van der Waals surface area contributed by atoms with Gasteiger partial charge in [-0.25, -0.2) is 13.2 Å². The minimum atomic E-state index is -4.21. The molecule has 7 heteroatoms. The molecule has 1 aromatic rings. The summed E-state index contributed by atoms with van der Waals surface area (Å²) in [6, 6.07) is 1.33. The largest absolute Gasteiger partial charge is 0.391 e. The van der Waals surface area contributed by atoms with Crippen molar-refractivity contribution in [2.75, 3.05) is 0 Å². The first-order valence-corrected chi connectivity index (χ1v) is 6.71. The number of alkyl halides is 3. The third kappa shape index (κ3) is 4.12. The minimum absolute atomic E-state index is 0.00334. The van der Waals surface area contributed by atoms with Crippen molar-refractivity contribution < 1.29 is 26.3 Å². The predicted molar refractivity (Wildman–Crippen MR) is 65.0 cm³/mol. The highest BCUT2D eigenvalue weighted by Crippen LogP contribution is 2.37. The molecular formula is C14H15F6N. The molecule has 1 N–H and O–H groups in total. The van der Waals surface area contributed by atoms with Crippen LogP contribution in [0.3, 0.4) is 0 Å². The number of nitrogens with one attached hydrogen (secondary N) is 1. The Morgan fingerprint density at radius 2 is 1.67 bits per heavy atom. The zero-order valence-electron chi connectivity index (χ0n) is 11.1. The van der Waals surface area contributed by atoms with Gasteiger partial charge >= 0.3 is 6.18 Å². The van der Waals surface area contributed by atoms with E-state index in [9.17, 15) is 26.3 Å². The van der Waals surface area contributed by atoms with Crippen LogP contribution >= 0.6 is 0 Å². The molecule has 0 aliphatic heterocycles. The smallest absolute Gasteiger partial charge is 0.310 e. The van der Waals surface area contributed by atoms with Crippen molar-refractivity contribution in [2.45, 2.75) is 44.4 Å². The van der Waals surface area contributed by atoms with Crippen LogP contribution in [0.25, 0.3) is 0 Å². The van der Waals surface area contributed by atoms with Crippen molar-refractivity contribution in [2.24, 2.45) is 5.92 Å². The van der Waals surface area contributed by atoms with E-state index in [0.29, 0.717) is 12.8 Å². The van der Waals surface area contributed by atoms with Crippen LogP contribution in [-0.2, 0) is 6.54 Å². The molecule has 0 radical (unpaired) electrons. The van der Waals surface area contributed by atoms with Gasteiger partial charge in [-0.05, 0) is 37.0 Å². The van der Waals surface area contributed by atoms with E-state index in [1.54, 1.807) is 0 Å². The fourth-order valence-electron chi connectivity index (χ4n) is 2.64. The zero-order valence-corrected chi connectivity index (χ0v) is 11.1. The van der Waals surface area contributed by atoms with Gasteiger partial charge < -0.3 is 5.32 Å². The lowest BCUT2D eigenvalue weighted by Crippen LogP contribution is -2.38. The molecule has 118 valence electrons. The number of hydrogen-bond donors (Lipinski definition) is 1. The van der Waals surface area contributed by atoms with Gasteiger partial charge in [0, 0.05) is 12.6 Å². The fraction of sp³-hybridized carbons (Fsp3) is 0.571. The molecule has 1 saturated carbocycles. The van der Waals surface area contributed by atoms with Gasteiger partial charge in [0.1, 0.15) is 0 Å². The fourth-order valence-corrected chi connectivity index (χ4v) is 2.64. The molecule has 0 heterocycles. The van der Waals surface area contributed by atoms with Crippen LogP contribution < -0.4 is 5.32 Å². The van der Waals surface area contributed by atoms with Crippen LogP contribution in [0.5, 0.6) is 0 Å². The average molecular weight is 311 g/mol. The summed E-state index contributed by atoms with van der Waals surface area (Å²) in [5.74, 6) is -5.49. The molecule has 0 saturated heterocycles. The Morgan fingerprint density at radius 1 is 1.05 bits per heavy atom. The summed E-state index contributed by atoms with van der Waals surface area (Å²) in [7, 11) is 0.